The second-order valence-electron chi connectivity index (χ2n) is 4.93. The highest BCUT2D eigenvalue weighted by atomic mass is 19.4. The van der Waals surface area contributed by atoms with Crippen LogP contribution in [0.4, 0.5) is 13.2 Å². The summed E-state index contributed by atoms with van der Waals surface area (Å²) in [5.41, 5.74) is 0.894. The van der Waals surface area contributed by atoms with Crippen molar-refractivity contribution in [3.63, 3.8) is 0 Å². The Kier molecular flexibility index (Phi) is 7.84. The molecule has 1 amide bonds. The standard InChI is InChI=1S/C11H12F3NO2.C4H9NO/c1-7-4-3-5-9(6-7)17-8(2)10(16)15-11(12,13)14;1-3-6-4-2-5-1/h3-6,8H,1-2H3,(H,15,16);5H,1-4H2. The molecule has 1 aliphatic heterocycles. The molecule has 1 heterocycles. The first-order valence-corrected chi connectivity index (χ1v) is 7.18. The zero-order valence-corrected chi connectivity index (χ0v) is 13.1. The molecule has 0 bridgehead atoms. The predicted molar refractivity (Wildman–Crippen MR) is 79.2 cm³/mol. The van der Waals surface area contributed by atoms with Crippen LogP contribution in [0.25, 0.3) is 0 Å². The number of aryl methyl sites for hydroxylation is 1. The monoisotopic (exact) mass is 334 g/mol. The van der Waals surface area contributed by atoms with Gasteiger partial charge in [-0.2, -0.15) is 13.2 Å². The highest BCUT2D eigenvalue weighted by Gasteiger charge is 2.32. The Morgan fingerprint density at radius 3 is 2.43 bits per heavy atom. The number of carbonyl (C=O) groups is 1. The second-order valence-corrected chi connectivity index (χ2v) is 4.93. The van der Waals surface area contributed by atoms with Gasteiger partial charge >= 0.3 is 6.30 Å². The first-order valence-electron chi connectivity index (χ1n) is 7.18. The van der Waals surface area contributed by atoms with Crippen LogP contribution in [-0.4, -0.2) is 44.6 Å². The average Bonchev–Trinajstić information content (AvgIpc) is 2.48. The zero-order valence-electron chi connectivity index (χ0n) is 13.1. The van der Waals surface area contributed by atoms with E-state index in [1.807, 2.05) is 13.0 Å². The van der Waals surface area contributed by atoms with E-state index in [0.717, 1.165) is 37.2 Å². The Morgan fingerprint density at radius 2 is 2.00 bits per heavy atom. The van der Waals surface area contributed by atoms with Gasteiger partial charge in [0.15, 0.2) is 6.10 Å². The SMILES string of the molecule is C1COCCN1.Cc1cccc(OC(C)C(=O)NC(F)(F)F)c1. The number of hydrogen-bond acceptors (Lipinski definition) is 4. The molecule has 5 nitrogen and oxygen atoms in total. The highest BCUT2D eigenvalue weighted by Crippen LogP contribution is 2.15. The topological polar surface area (TPSA) is 59.6 Å². The summed E-state index contributed by atoms with van der Waals surface area (Å²) in [7, 11) is 0. The molecule has 1 aromatic carbocycles. The fourth-order valence-electron chi connectivity index (χ4n) is 1.70. The number of rotatable bonds is 3. The number of carbonyl (C=O) groups excluding carboxylic acids is 1. The number of alkyl halides is 3. The Labute approximate surface area is 133 Å². The summed E-state index contributed by atoms with van der Waals surface area (Å²) < 4.78 is 45.7. The molecule has 1 unspecified atom stereocenters. The van der Waals surface area contributed by atoms with Crippen molar-refractivity contribution in [3.8, 4) is 5.75 Å². The van der Waals surface area contributed by atoms with Gasteiger partial charge in [0, 0.05) is 13.1 Å². The fourth-order valence-corrected chi connectivity index (χ4v) is 1.70. The molecule has 1 saturated heterocycles. The van der Waals surface area contributed by atoms with Crippen molar-refractivity contribution in [3.05, 3.63) is 29.8 Å². The van der Waals surface area contributed by atoms with E-state index in [-0.39, 0.29) is 0 Å². The van der Waals surface area contributed by atoms with Crippen molar-refractivity contribution in [2.75, 3.05) is 26.3 Å². The van der Waals surface area contributed by atoms with Crippen molar-refractivity contribution in [1.29, 1.82) is 0 Å². The van der Waals surface area contributed by atoms with Crippen LogP contribution < -0.4 is 15.4 Å². The van der Waals surface area contributed by atoms with Crippen LogP contribution in [0.3, 0.4) is 0 Å². The molecule has 8 heteroatoms. The van der Waals surface area contributed by atoms with Gasteiger partial charge in [0.25, 0.3) is 5.91 Å². The molecule has 2 N–H and O–H groups in total. The second kappa shape index (κ2) is 9.36. The van der Waals surface area contributed by atoms with Gasteiger partial charge < -0.3 is 14.8 Å². The molecule has 1 aliphatic rings. The molecule has 23 heavy (non-hydrogen) atoms. The number of hydrogen-bond donors (Lipinski definition) is 2. The van der Waals surface area contributed by atoms with Crippen LogP contribution in [0.15, 0.2) is 24.3 Å². The van der Waals surface area contributed by atoms with E-state index in [1.165, 1.54) is 6.92 Å². The summed E-state index contributed by atoms with van der Waals surface area (Å²) in [4.78, 5) is 11.1. The van der Waals surface area contributed by atoms with Crippen LogP contribution in [0, 0.1) is 6.92 Å². The maximum Gasteiger partial charge on any atom is 0.484 e. The van der Waals surface area contributed by atoms with Gasteiger partial charge in [0.2, 0.25) is 0 Å². The maximum atomic E-state index is 11.9. The normalized spacial score (nSPS) is 15.9. The largest absolute Gasteiger partial charge is 0.484 e. The van der Waals surface area contributed by atoms with Gasteiger partial charge in [-0.1, -0.05) is 12.1 Å². The van der Waals surface area contributed by atoms with E-state index in [4.69, 9.17) is 9.47 Å². The molecule has 0 saturated carbocycles. The van der Waals surface area contributed by atoms with Gasteiger partial charge in [-0.15, -0.1) is 0 Å². The molecule has 0 radical (unpaired) electrons. The Hall–Kier alpha value is -1.80. The van der Waals surface area contributed by atoms with Crippen LogP contribution in [-0.2, 0) is 9.53 Å². The summed E-state index contributed by atoms with van der Waals surface area (Å²) in [6.07, 6.45) is -5.94. The molecule has 130 valence electrons. The Balaban J connectivity index is 0.000000366. The third kappa shape index (κ3) is 9.04. The summed E-state index contributed by atoms with van der Waals surface area (Å²) in [6, 6.07) is 6.72. The van der Waals surface area contributed by atoms with Gasteiger partial charge in [-0.25, -0.2) is 0 Å². The smallest absolute Gasteiger partial charge is 0.481 e. The van der Waals surface area contributed by atoms with Crippen LogP contribution in [0.5, 0.6) is 5.75 Å². The van der Waals surface area contributed by atoms with E-state index in [9.17, 15) is 18.0 Å². The third-order valence-corrected chi connectivity index (χ3v) is 2.78. The molecular weight excluding hydrogens is 313 g/mol. The lowest BCUT2D eigenvalue weighted by molar-refractivity contribution is -0.173. The Morgan fingerprint density at radius 1 is 1.35 bits per heavy atom. The Bertz CT molecular complexity index is 480. The molecule has 0 aromatic heterocycles. The quantitative estimate of drug-likeness (QED) is 0.830. The summed E-state index contributed by atoms with van der Waals surface area (Å²) in [5.74, 6) is -0.867. The van der Waals surface area contributed by atoms with Crippen molar-refractivity contribution in [2.45, 2.75) is 26.3 Å². The molecule has 0 spiro atoms. The van der Waals surface area contributed by atoms with Crippen LogP contribution in [0.2, 0.25) is 0 Å². The molecule has 1 aromatic rings. The molecule has 1 atom stereocenters. The summed E-state index contributed by atoms with van der Waals surface area (Å²) >= 11 is 0. The van der Waals surface area contributed by atoms with Gasteiger partial charge in [0.1, 0.15) is 5.75 Å². The van der Waals surface area contributed by atoms with E-state index in [1.54, 1.807) is 18.2 Å². The average molecular weight is 334 g/mol. The first kappa shape index (κ1) is 19.2. The number of halogens is 3. The minimum atomic E-state index is -4.73. The lowest BCUT2D eigenvalue weighted by Crippen LogP contribution is -2.44. The number of morpholine rings is 1. The molecular formula is C15H21F3N2O3. The lowest BCUT2D eigenvalue weighted by Gasteiger charge is -2.16. The summed E-state index contributed by atoms with van der Waals surface area (Å²) in [5, 5.41) is 4.05. The van der Waals surface area contributed by atoms with Crippen LogP contribution in [0.1, 0.15) is 12.5 Å². The molecule has 1 fully saturated rings. The van der Waals surface area contributed by atoms with Gasteiger partial charge in [0.05, 0.1) is 13.2 Å². The number of nitrogens with one attached hydrogen (secondary N) is 2. The van der Waals surface area contributed by atoms with E-state index < -0.39 is 18.3 Å². The predicted octanol–water partition coefficient (Wildman–Crippen LogP) is 2.00. The zero-order chi connectivity index (χ0) is 17.3. The maximum absolute atomic E-state index is 11.9. The lowest BCUT2D eigenvalue weighted by atomic mass is 10.2. The first-order chi connectivity index (χ1) is 10.8. The third-order valence-electron chi connectivity index (χ3n) is 2.78. The fraction of sp³-hybridized carbons (Fsp3) is 0.533. The van der Waals surface area contributed by atoms with E-state index in [2.05, 4.69) is 5.32 Å². The molecule has 0 aliphatic carbocycles. The van der Waals surface area contributed by atoms with E-state index >= 15 is 0 Å². The number of ether oxygens (including phenoxy) is 2. The van der Waals surface area contributed by atoms with Crippen molar-refractivity contribution in [2.24, 2.45) is 0 Å². The van der Waals surface area contributed by atoms with Gasteiger partial charge in [-0.3, -0.25) is 10.1 Å². The van der Waals surface area contributed by atoms with Crippen molar-refractivity contribution < 1.29 is 27.4 Å². The van der Waals surface area contributed by atoms with E-state index in [0.29, 0.717) is 5.75 Å². The highest BCUT2D eigenvalue weighted by molar-refractivity contribution is 5.80. The van der Waals surface area contributed by atoms with Crippen LogP contribution >= 0.6 is 0 Å². The van der Waals surface area contributed by atoms with Crippen molar-refractivity contribution >= 4 is 5.91 Å². The van der Waals surface area contributed by atoms with Gasteiger partial charge in [-0.05, 0) is 31.5 Å². The van der Waals surface area contributed by atoms with Crippen molar-refractivity contribution in [1.82, 2.24) is 10.6 Å². The minimum Gasteiger partial charge on any atom is -0.481 e. The number of amides is 1. The number of benzene rings is 1. The molecule has 2 rings (SSSR count). The minimum absolute atomic E-state index is 0.356. The summed E-state index contributed by atoms with van der Waals surface area (Å²) in [6.45, 7) is 6.90.